The molecule has 0 radical (unpaired) electrons. The zero-order chi connectivity index (χ0) is 13.0. The van der Waals surface area contributed by atoms with Crippen LogP contribution in [-0.2, 0) is 0 Å². The van der Waals surface area contributed by atoms with Crippen molar-refractivity contribution in [3.05, 3.63) is 59.9 Å². The van der Waals surface area contributed by atoms with Crippen molar-refractivity contribution in [2.24, 2.45) is 0 Å². The van der Waals surface area contributed by atoms with Crippen molar-refractivity contribution in [2.75, 3.05) is 12.4 Å². The minimum atomic E-state index is -0.433. The van der Waals surface area contributed by atoms with Gasteiger partial charge in [0.25, 0.3) is 5.91 Å². The number of benzene rings is 2. The molecule has 0 atom stereocenters. The molecule has 0 heterocycles. The Balaban J connectivity index is 2.11. The Morgan fingerprint density at radius 2 is 1.89 bits per heavy atom. The lowest BCUT2D eigenvalue weighted by Crippen LogP contribution is -2.11. The van der Waals surface area contributed by atoms with Crippen molar-refractivity contribution < 1.29 is 13.9 Å². The van der Waals surface area contributed by atoms with Crippen LogP contribution in [0.15, 0.2) is 48.5 Å². The maximum atomic E-state index is 13.0. The summed E-state index contributed by atoms with van der Waals surface area (Å²) in [5.74, 6) is -0.0733. The Kier molecular flexibility index (Phi) is 3.57. The molecule has 0 aliphatic heterocycles. The molecule has 18 heavy (non-hydrogen) atoms. The smallest absolute Gasteiger partial charge is 0.255 e. The van der Waals surface area contributed by atoms with Gasteiger partial charge in [0.2, 0.25) is 0 Å². The fourth-order valence-electron chi connectivity index (χ4n) is 1.51. The summed E-state index contributed by atoms with van der Waals surface area (Å²) in [5.41, 5.74) is 0.913. The first kappa shape index (κ1) is 12.1. The van der Waals surface area contributed by atoms with Gasteiger partial charge in [-0.15, -0.1) is 0 Å². The van der Waals surface area contributed by atoms with E-state index in [9.17, 15) is 9.18 Å². The van der Waals surface area contributed by atoms with Gasteiger partial charge in [-0.05, 0) is 42.5 Å². The Hall–Kier alpha value is -2.36. The highest BCUT2D eigenvalue weighted by molar-refractivity contribution is 6.04. The SMILES string of the molecule is COc1ccc(NC(=O)c2cccc(F)c2)cc1. The van der Waals surface area contributed by atoms with Gasteiger partial charge >= 0.3 is 0 Å². The Labute approximate surface area is 104 Å². The molecule has 0 aliphatic rings. The lowest BCUT2D eigenvalue weighted by molar-refractivity contribution is 0.102. The van der Waals surface area contributed by atoms with E-state index in [0.717, 1.165) is 0 Å². The van der Waals surface area contributed by atoms with Gasteiger partial charge in [0.1, 0.15) is 11.6 Å². The molecule has 0 bridgehead atoms. The highest BCUT2D eigenvalue weighted by atomic mass is 19.1. The summed E-state index contributed by atoms with van der Waals surface area (Å²) in [6.45, 7) is 0. The number of methoxy groups -OCH3 is 1. The predicted molar refractivity (Wildman–Crippen MR) is 67.3 cm³/mol. The fraction of sp³-hybridized carbons (Fsp3) is 0.0714. The molecule has 2 rings (SSSR count). The normalized spacial score (nSPS) is 9.89. The minimum absolute atomic E-state index is 0.283. The topological polar surface area (TPSA) is 38.3 Å². The van der Waals surface area contributed by atoms with E-state index in [2.05, 4.69) is 5.32 Å². The molecule has 92 valence electrons. The maximum absolute atomic E-state index is 13.0. The van der Waals surface area contributed by atoms with E-state index < -0.39 is 5.82 Å². The molecule has 0 saturated carbocycles. The van der Waals surface area contributed by atoms with Crippen LogP contribution in [-0.4, -0.2) is 13.0 Å². The minimum Gasteiger partial charge on any atom is -0.497 e. The van der Waals surface area contributed by atoms with Crippen molar-refractivity contribution >= 4 is 11.6 Å². The van der Waals surface area contributed by atoms with E-state index in [0.29, 0.717) is 11.4 Å². The van der Waals surface area contributed by atoms with Gasteiger partial charge in [0.05, 0.1) is 7.11 Å². The van der Waals surface area contributed by atoms with Crippen LogP contribution in [0.3, 0.4) is 0 Å². The number of hydrogen-bond acceptors (Lipinski definition) is 2. The fourth-order valence-corrected chi connectivity index (χ4v) is 1.51. The van der Waals surface area contributed by atoms with Crippen LogP contribution in [0.25, 0.3) is 0 Å². The number of rotatable bonds is 3. The number of amides is 1. The van der Waals surface area contributed by atoms with Crippen LogP contribution in [0.5, 0.6) is 5.75 Å². The van der Waals surface area contributed by atoms with E-state index in [-0.39, 0.29) is 11.5 Å². The largest absolute Gasteiger partial charge is 0.497 e. The number of carbonyl (C=O) groups excluding carboxylic acids is 1. The predicted octanol–water partition coefficient (Wildman–Crippen LogP) is 3.09. The van der Waals surface area contributed by atoms with Crippen molar-refractivity contribution in [2.45, 2.75) is 0 Å². The summed E-state index contributed by atoms with van der Waals surface area (Å²) < 4.78 is 18.0. The molecule has 2 aromatic rings. The van der Waals surface area contributed by atoms with Gasteiger partial charge in [0.15, 0.2) is 0 Å². The van der Waals surface area contributed by atoms with Crippen LogP contribution in [0.2, 0.25) is 0 Å². The summed E-state index contributed by atoms with van der Waals surface area (Å²) in [5, 5.41) is 2.68. The van der Waals surface area contributed by atoms with Crippen molar-refractivity contribution in [3.8, 4) is 5.75 Å². The monoisotopic (exact) mass is 245 g/mol. The highest BCUT2D eigenvalue weighted by Gasteiger charge is 2.06. The first-order valence-corrected chi connectivity index (χ1v) is 5.40. The van der Waals surface area contributed by atoms with E-state index >= 15 is 0 Å². The lowest BCUT2D eigenvalue weighted by atomic mass is 10.2. The third-order valence-corrected chi connectivity index (χ3v) is 2.43. The van der Waals surface area contributed by atoms with Crippen molar-refractivity contribution in [3.63, 3.8) is 0 Å². The molecule has 2 aromatic carbocycles. The number of hydrogen-bond donors (Lipinski definition) is 1. The summed E-state index contributed by atoms with van der Waals surface area (Å²) in [6.07, 6.45) is 0. The Bertz CT molecular complexity index is 552. The quantitative estimate of drug-likeness (QED) is 0.902. The molecule has 0 fully saturated rings. The number of anilines is 1. The van der Waals surface area contributed by atoms with Crippen molar-refractivity contribution in [1.29, 1.82) is 0 Å². The van der Waals surface area contributed by atoms with Crippen LogP contribution in [0.1, 0.15) is 10.4 Å². The second-order valence-electron chi connectivity index (χ2n) is 3.69. The maximum Gasteiger partial charge on any atom is 0.255 e. The Morgan fingerprint density at radius 1 is 1.17 bits per heavy atom. The molecule has 4 heteroatoms. The molecule has 3 nitrogen and oxygen atoms in total. The third-order valence-electron chi connectivity index (χ3n) is 2.43. The van der Waals surface area contributed by atoms with Crippen LogP contribution in [0.4, 0.5) is 10.1 Å². The van der Waals surface area contributed by atoms with E-state index in [1.807, 2.05) is 0 Å². The summed E-state index contributed by atoms with van der Waals surface area (Å²) in [6, 6.07) is 12.5. The van der Waals surface area contributed by atoms with Gasteiger partial charge in [0, 0.05) is 11.3 Å². The van der Waals surface area contributed by atoms with Crippen LogP contribution >= 0.6 is 0 Å². The third kappa shape index (κ3) is 2.85. The number of ether oxygens (including phenoxy) is 1. The van der Waals surface area contributed by atoms with Crippen LogP contribution in [0, 0.1) is 5.82 Å². The molecule has 0 unspecified atom stereocenters. The molecule has 0 saturated heterocycles. The second-order valence-corrected chi connectivity index (χ2v) is 3.69. The number of halogens is 1. The van der Waals surface area contributed by atoms with Crippen LogP contribution < -0.4 is 10.1 Å². The standard InChI is InChI=1S/C14H12FNO2/c1-18-13-7-5-12(6-8-13)16-14(17)10-3-2-4-11(15)9-10/h2-9H,1H3,(H,16,17). The summed E-state index contributed by atoms with van der Waals surface area (Å²) in [4.78, 5) is 11.8. The zero-order valence-corrected chi connectivity index (χ0v) is 9.81. The molecular weight excluding hydrogens is 233 g/mol. The number of carbonyl (C=O) groups is 1. The average Bonchev–Trinajstić information content (AvgIpc) is 2.39. The molecule has 1 N–H and O–H groups in total. The second kappa shape index (κ2) is 5.31. The summed E-state index contributed by atoms with van der Waals surface area (Å²) in [7, 11) is 1.57. The van der Waals surface area contributed by atoms with E-state index in [1.165, 1.54) is 18.2 Å². The molecular formula is C14H12FNO2. The van der Waals surface area contributed by atoms with Gasteiger partial charge in [-0.3, -0.25) is 4.79 Å². The van der Waals surface area contributed by atoms with Gasteiger partial charge in [-0.25, -0.2) is 4.39 Å². The number of nitrogens with one attached hydrogen (secondary N) is 1. The molecule has 0 aliphatic carbocycles. The summed E-state index contributed by atoms with van der Waals surface area (Å²) >= 11 is 0. The lowest BCUT2D eigenvalue weighted by Gasteiger charge is -2.06. The van der Waals surface area contributed by atoms with Gasteiger partial charge in [-0.2, -0.15) is 0 Å². The Morgan fingerprint density at radius 3 is 2.50 bits per heavy atom. The van der Waals surface area contributed by atoms with E-state index in [4.69, 9.17) is 4.74 Å². The van der Waals surface area contributed by atoms with E-state index in [1.54, 1.807) is 37.4 Å². The zero-order valence-electron chi connectivity index (χ0n) is 9.81. The van der Waals surface area contributed by atoms with Gasteiger partial charge < -0.3 is 10.1 Å². The molecule has 0 spiro atoms. The first-order valence-electron chi connectivity index (χ1n) is 5.40. The molecule has 1 amide bonds. The van der Waals surface area contributed by atoms with Crippen molar-refractivity contribution in [1.82, 2.24) is 0 Å². The molecule has 0 aromatic heterocycles. The van der Waals surface area contributed by atoms with Gasteiger partial charge in [-0.1, -0.05) is 6.07 Å². The highest BCUT2D eigenvalue weighted by Crippen LogP contribution is 2.16. The average molecular weight is 245 g/mol. The first-order chi connectivity index (χ1) is 8.69.